The molecule has 4 rings (SSSR count). The average molecular weight is 409 g/mol. The van der Waals surface area contributed by atoms with Gasteiger partial charge in [-0.3, -0.25) is 4.79 Å². The van der Waals surface area contributed by atoms with Gasteiger partial charge in [0.1, 0.15) is 0 Å². The Labute approximate surface area is 176 Å². The Morgan fingerprint density at radius 1 is 1.17 bits per heavy atom. The molecule has 1 fully saturated rings. The molecule has 0 bridgehead atoms. The topological polar surface area (TPSA) is 52.6 Å². The molecule has 1 saturated heterocycles. The molecule has 1 aromatic carbocycles. The number of aliphatic hydroxyl groups excluding tert-OH is 1. The molecule has 0 atom stereocenters. The third-order valence-corrected chi connectivity index (χ3v) is 6.92. The fraction of sp³-hybridized carbons (Fsp3) is 0.375. The van der Waals surface area contributed by atoms with Crippen molar-refractivity contribution in [3.05, 3.63) is 68.4 Å². The Kier molecular flexibility index (Phi) is 6.28. The number of carbonyl (C=O) groups is 1. The number of rotatable bonds is 4. The minimum atomic E-state index is -0.165. The number of piperidine rings is 1. The van der Waals surface area contributed by atoms with Crippen LogP contribution in [-0.4, -0.2) is 49.2 Å². The summed E-state index contributed by atoms with van der Waals surface area (Å²) < 4.78 is 0. The van der Waals surface area contributed by atoms with Gasteiger partial charge in [0.25, 0.3) is 0 Å². The number of carbonyl (C=O) groups excluding carboxylic acids is 1. The molecule has 4 nitrogen and oxygen atoms in total. The van der Waals surface area contributed by atoms with Gasteiger partial charge in [-0.15, -0.1) is 11.3 Å². The zero-order valence-electron chi connectivity index (χ0n) is 16.9. The molecule has 2 heterocycles. The summed E-state index contributed by atoms with van der Waals surface area (Å²) in [6.07, 6.45) is 7.78. The third kappa shape index (κ3) is 4.53. The van der Waals surface area contributed by atoms with Gasteiger partial charge in [-0.2, -0.15) is 0 Å². The average Bonchev–Trinajstić information content (AvgIpc) is 3.07. The van der Waals surface area contributed by atoms with Crippen molar-refractivity contribution < 1.29 is 9.90 Å². The highest BCUT2D eigenvalue weighted by molar-refractivity contribution is 7.14. The van der Waals surface area contributed by atoms with E-state index in [0.717, 1.165) is 43.6 Å². The van der Waals surface area contributed by atoms with E-state index in [-0.39, 0.29) is 19.1 Å². The first kappa shape index (κ1) is 20.1. The first-order valence-electron chi connectivity index (χ1n) is 10.3. The lowest BCUT2D eigenvalue weighted by atomic mass is 9.90. The van der Waals surface area contributed by atoms with Crippen LogP contribution < -0.4 is 5.32 Å². The van der Waals surface area contributed by atoms with Gasteiger partial charge in [-0.05, 0) is 67.1 Å². The maximum Gasteiger partial charge on any atom is 0.244 e. The van der Waals surface area contributed by atoms with E-state index in [2.05, 4.69) is 47.6 Å². The van der Waals surface area contributed by atoms with Crippen LogP contribution in [0.4, 0.5) is 0 Å². The van der Waals surface area contributed by atoms with E-state index in [1.54, 1.807) is 23.0 Å². The minimum absolute atomic E-state index is 0.0432. The molecule has 5 heteroatoms. The van der Waals surface area contributed by atoms with Gasteiger partial charge in [0.05, 0.1) is 6.61 Å². The van der Waals surface area contributed by atoms with Crippen molar-refractivity contribution in [2.45, 2.75) is 25.7 Å². The number of hydrogen-bond acceptors (Lipinski definition) is 4. The number of amides is 1. The summed E-state index contributed by atoms with van der Waals surface area (Å²) in [5.74, 6) is -0.165. The Morgan fingerprint density at radius 2 is 1.93 bits per heavy atom. The summed E-state index contributed by atoms with van der Waals surface area (Å²) in [6, 6.07) is 11.1. The Morgan fingerprint density at radius 3 is 2.72 bits per heavy atom. The van der Waals surface area contributed by atoms with Crippen molar-refractivity contribution in [1.29, 1.82) is 0 Å². The van der Waals surface area contributed by atoms with Crippen LogP contribution in [0.3, 0.4) is 0 Å². The number of aliphatic hydroxyl groups is 1. The van der Waals surface area contributed by atoms with Crippen LogP contribution in [0.1, 0.15) is 39.3 Å². The molecule has 1 aromatic heterocycles. The lowest BCUT2D eigenvalue weighted by Gasteiger charge is -2.27. The van der Waals surface area contributed by atoms with Crippen molar-refractivity contribution >= 4 is 28.9 Å². The summed E-state index contributed by atoms with van der Waals surface area (Å²) in [5, 5.41) is 11.5. The van der Waals surface area contributed by atoms with Gasteiger partial charge in [-0.1, -0.05) is 29.8 Å². The zero-order chi connectivity index (χ0) is 20.2. The SMILES string of the molecule is CN1CCC(=C2c3ccccc3CCc3cc(/C=C/C(=O)NCCO)sc32)CC1. The molecule has 0 saturated carbocycles. The summed E-state index contributed by atoms with van der Waals surface area (Å²) in [7, 11) is 2.20. The molecule has 2 aromatic rings. The lowest BCUT2D eigenvalue weighted by Crippen LogP contribution is -2.26. The Bertz CT molecular complexity index is 948. The molecule has 0 spiro atoms. The van der Waals surface area contributed by atoms with Crippen molar-refractivity contribution in [2.24, 2.45) is 0 Å². The molecule has 0 radical (unpaired) electrons. The second-order valence-electron chi connectivity index (χ2n) is 7.79. The van der Waals surface area contributed by atoms with Crippen LogP contribution in [0.2, 0.25) is 0 Å². The zero-order valence-corrected chi connectivity index (χ0v) is 17.7. The summed E-state index contributed by atoms with van der Waals surface area (Å²) in [5.41, 5.74) is 7.23. The Balaban J connectivity index is 1.72. The van der Waals surface area contributed by atoms with E-state index in [1.807, 2.05) is 6.08 Å². The van der Waals surface area contributed by atoms with Gasteiger partial charge in [0.15, 0.2) is 0 Å². The maximum atomic E-state index is 11.9. The van der Waals surface area contributed by atoms with E-state index in [1.165, 1.54) is 27.1 Å². The quantitative estimate of drug-likeness (QED) is 0.762. The molecule has 0 unspecified atom stereocenters. The highest BCUT2D eigenvalue weighted by Crippen LogP contribution is 2.42. The molecule has 29 heavy (non-hydrogen) atoms. The van der Waals surface area contributed by atoms with Gasteiger partial charge >= 0.3 is 0 Å². The number of thiophene rings is 1. The van der Waals surface area contributed by atoms with E-state index in [9.17, 15) is 4.79 Å². The second-order valence-corrected chi connectivity index (χ2v) is 8.87. The second kappa shape index (κ2) is 9.08. The van der Waals surface area contributed by atoms with Crippen LogP contribution in [0, 0.1) is 0 Å². The minimum Gasteiger partial charge on any atom is -0.395 e. The highest BCUT2D eigenvalue weighted by Gasteiger charge is 2.24. The number of benzene rings is 1. The first-order chi connectivity index (χ1) is 14.2. The third-order valence-electron chi connectivity index (χ3n) is 5.76. The van der Waals surface area contributed by atoms with Gasteiger partial charge < -0.3 is 15.3 Å². The summed E-state index contributed by atoms with van der Waals surface area (Å²) in [4.78, 5) is 16.8. The van der Waals surface area contributed by atoms with Gasteiger partial charge in [0.2, 0.25) is 5.91 Å². The van der Waals surface area contributed by atoms with Crippen molar-refractivity contribution in [2.75, 3.05) is 33.3 Å². The molecule has 1 aliphatic heterocycles. The van der Waals surface area contributed by atoms with Crippen LogP contribution >= 0.6 is 11.3 Å². The first-order valence-corrected chi connectivity index (χ1v) is 11.2. The molecule has 152 valence electrons. The predicted octanol–water partition coefficient (Wildman–Crippen LogP) is 3.50. The number of nitrogens with zero attached hydrogens (tertiary/aromatic N) is 1. The van der Waals surface area contributed by atoms with Gasteiger partial charge in [0, 0.05) is 35.5 Å². The van der Waals surface area contributed by atoms with Crippen molar-refractivity contribution in [1.82, 2.24) is 10.2 Å². The largest absolute Gasteiger partial charge is 0.395 e. The van der Waals surface area contributed by atoms with Crippen LogP contribution in [0.5, 0.6) is 0 Å². The molecule has 2 aliphatic rings. The Hall–Kier alpha value is -2.21. The van der Waals surface area contributed by atoms with Crippen LogP contribution in [-0.2, 0) is 17.6 Å². The normalized spacial score (nSPS) is 17.2. The van der Waals surface area contributed by atoms with Crippen LogP contribution in [0.15, 0.2) is 42.0 Å². The van der Waals surface area contributed by atoms with Crippen molar-refractivity contribution in [3.63, 3.8) is 0 Å². The smallest absolute Gasteiger partial charge is 0.244 e. The fourth-order valence-electron chi connectivity index (χ4n) is 4.19. The number of nitrogens with one attached hydrogen (secondary N) is 1. The van der Waals surface area contributed by atoms with Crippen LogP contribution in [0.25, 0.3) is 11.6 Å². The number of likely N-dealkylation sites (tertiary alicyclic amines) is 1. The molecule has 1 amide bonds. The monoisotopic (exact) mass is 408 g/mol. The van der Waals surface area contributed by atoms with Gasteiger partial charge in [-0.25, -0.2) is 0 Å². The van der Waals surface area contributed by atoms with E-state index < -0.39 is 0 Å². The summed E-state index contributed by atoms with van der Waals surface area (Å²) >= 11 is 1.79. The van der Waals surface area contributed by atoms with E-state index >= 15 is 0 Å². The highest BCUT2D eigenvalue weighted by atomic mass is 32.1. The standard InChI is InChI=1S/C24H28N2O2S/c1-26-13-10-18(11-14-26)23-21-5-3-2-4-17(21)6-7-19-16-20(29-24(19)23)8-9-22(28)25-12-15-27/h2-5,8-9,16,27H,6-7,10-15H2,1H3,(H,25,28)/b9-8+. The molecule has 2 N–H and O–H groups in total. The predicted molar refractivity (Wildman–Crippen MR) is 120 cm³/mol. The molecular formula is C24H28N2O2S. The summed E-state index contributed by atoms with van der Waals surface area (Å²) in [6.45, 7) is 2.46. The number of hydrogen-bond donors (Lipinski definition) is 2. The number of aryl methyl sites for hydroxylation is 2. The molecular weight excluding hydrogens is 380 g/mol. The van der Waals surface area contributed by atoms with Crippen molar-refractivity contribution in [3.8, 4) is 0 Å². The lowest BCUT2D eigenvalue weighted by molar-refractivity contribution is -0.116. The number of fused-ring (bicyclic) bond motifs is 2. The fourth-order valence-corrected chi connectivity index (χ4v) is 5.41. The molecule has 1 aliphatic carbocycles. The maximum absolute atomic E-state index is 11.9. The van der Waals surface area contributed by atoms with E-state index in [0.29, 0.717) is 0 Å². The van der Waals surface area contributed by atoms with E-state index in [4.69, 9.17) is 5.11 Å².